The maximum atomic E-state index is 13.4. The SMILES string of the molecule is CC1(CNCc2ccc(N)cc2F)CCC1. The Hall–Kier alpha value is -1.09. The molecule has 2 nitrogen and oxygen atoms in total. The second-order valence-electron chi connectivity index (χ2n) is 5.12. The number of nitrogen functional groups attached to an aromatic ring is 1. The zero-order valence-corrected chi connectivity index (χ0v) is 9.72. The lowest BCUT2D eigenvalue weighted by Crippen LogP contribution is -2.37. The van der Waals surface area contributed by atoms with Crippen molar-refractivity contribution < 1.29 is 4.39 Å². The van der Waals surface area contributed by atoms with E-state index >= 15 is 0 Å². The van der Waals surface area contributed by atoms with Crippen molar-refractivity contribution in [3.63, 3.8) is 0 Å². The highest BCUT2D eigenvalue weighted by atomic mass is 19.1. The molecule has 1 saturated carbocycles. The van der Waals surface area contributed by atoms with E-state index in [9.17, 15) is 4.39 Å². The molecule has 0 aliphatic heterocycles. The maximum absolute atomic E-state index is 13.4. The molecule has 0 spiro atoms. The molecule has 0 saturated heterocycles. The fourth-order valence-electron chi connectivity index (χ4n) is 2.16. The fraction of sp³-hybridized carbons (Fsp3) is 0.538. The summed E-state index contributed by atoms with van der Waals surface area (Å²) in [4.78, 5) is 0. The first-order valence-electron chi connectivity index (χ1n) is 5.84. The monoisotopic (exact) mass is 222 g/mol. The van der Waals surface area contributed by atoms with E-state index in [2.05, 4.69) is 12.2 Å². The molecule has 0 atom stereocenters. The van der Waals surface area contributed by atoms with Crippen molar-refractivity contribution in [1.29, 1.82) is 0 Å². The van der Waals surface area contributed by atoms with Gasteiger partial charge in [-0.25, -0.2) is 4.39 Å². The molecule has 1 aromatic rings. The van der Waals surface area contributed by atoms with E-state index in [0.717, 1.165) is 6.54 Å². The van der Waals surface area contributed by atoms with Crippen LogP contribution in [0.2, 0.25) is 0 Å². The summed E-state index contributed by atoms with van der Waals surface area (Å²) >= 11 is 0. The molecule has 0 unspecified atom stereocenters. The number of hydrogen-bond donors (Lipinski definition) is 2. The molecule has 16 heavy (non-hydrogen) atoms. The van der Waals surface area contributed by atoms with Crippen molar-refractivity contribution in [3.8, 4) is 0 Å². The van der Waals surface area contributed by atoms with Crippen molar-refractivity contribution >= 4 is 5.69 Å². The molecule has 0 radical (unpaired) electrons. The van der Waals surface area contributed by atoms with E-state index in [1.165, 1.54) is 25.3 Å². The van der Waals surface area contributed by atoms with Gasteiger partial charge in [-0.3, -0.25) is 0 Å². The third-order valence-electron chi connectivity index (χ3n) is 3.51. The predicted octanol–water partition coefficient (Wildman–Crippen LogP) is 2.69. The molecule has 1 fully saturated rings. The third kappa shape index (κ3) is 2.53. The van der Waals surface area contributed by atoms with Crippen LogP contribution in [-0.4, -0.2) is 6.54 Å². The molecule has 0 amide bonds. The Morgan fingerprint density at radius 3 is 2.75 bits per heavy atom. The summed E-state index contributed by atoms with van der Waals surface area (Å²) in [7, 11) is 0. The topological polar surface area (TPSA) is 38.0 Å². The van der Waals surface area contributed by atoms with Crippen LogP contribution < -0.4 is 11.1 Å². The Bertz CT molecular complexity index is 372. The van der Waals surface area contributed by atoms with Crippen molar-refractivity contribution in [2.45, 2.75) is 32.7 Å². The van der Waals surface area contributed by atoms with Crippen molar-refractivity contribution in [2.24, 2.45) is 5.41 Å². The lowest BCUT2D eigenvalue weighted by atomic mass is 9.70. The van der Waals surface area contributed by atoms with Gasteiger partial charge in [0.2, 0.25) is 0 Å². The third-order valence-corrected chi connectivity index (χ3v) is 3.51. The van der Waals surface area contributed by atoms with Crippen LogP contribution in [0.3, 0.4) is 0 Å². The number of nitrogens with two attached hydrogens (primary N) is 1. The first-order valence-corrected chi connectivity index (χ1v) is 5.84. The van der Waals surface area contributed by atoms with Crippen LogP contribution in [0.25, 0.3) is 0 Å². The molecule has 0 aromatic heterocycles. The number of hydrogen-bond acceptors (Lipinski definition) is 2. The van der Waals surface area contributed by atoms with Gasteiger partial charge in [0, 0.05) is 24.3 Å². The minimum atomic E-state index is -0.216. The van der Waals surface area contributed by atoms with Gasteiger partial charge in [0.1, 0.15) is 5.82 Å². The molecule has 88 valence electrons. The fourth-order valence-corrected chi connectivity index (χ4v) is 2.16. The molecular weight excluding hydrogens is 203 g/mol. The quantitative estimate of drug-likeness (QED) is 0.769. The lowest BCUT2D eigenvalue weighted by molar-refractivity contribution is 0.156. The summed E-state index contributed by atoms with van der Waals surface area (Å²) in [6, 6.07) is 4.87. The minimum Gasteiger partial charge on any atom is -0.399 e. The number of benzene rings is 1. The van der Waals surface area contributed by atoms with E-state index in [-0.39, 0.29) is 5.82 Å². The minimum absolute atomic E-state index is 0.216. The Kier molecular flexibility index (Phi) is 3.15. The van der Waals surface area contributed by atoms with Gasteiger partial charge < -0.3 is 11.1 Å². The van der Waals surface area contributed by atoms with Gasteiger partial charge in [-0.15, -0.1) is 0 Å². The maximum Gasteiger partial charge on any atom is 0.129 e. The highest BCUT2D eigenvalue weighted by Gasteiger charge is 2.30. The second-order valence-corrected chi connectivity index (χ2v) is 5.12. The number of halogens is 1. The lowest BCUT2D eigenvalue weighted by Gasteiger charge is -2.38. The van der Waals surface area contributed by atoms with Gasteiger partial charge in [-0.05, 0) is 30.4 Å². The zero-order chi connectivity index (χ0) is 11.6. The standard InChI is InChI=1S/C13H19FN2/c1-13(5-2-6-13)9-16-8-10-3-4-11(15)7-12(10)14/h3-4,7,16H,2,5-6,8-9,15H2,1H3. The van der Waals surface area contributed by atoms with Gasteiger partial charge in [-0.1, -0.05) is 19.4 Å². The van der Waals surface area contributed by atoms with E-state index < -0.39 is 0 Å². The summed E-state index contributed by atoms with van der Waals surface area (Å²) < 4.78 is 13.4. The van der Waals surface area contributed by atoms with Gasteiger partial charge >= 0.3 is 0 Å². The molecular formula is C13H19FN2. The average Bonchev–Trinajstić information content (AvgIpc) is 2.19. The molecule has 1 aliphatic rings. The van der Waals surface area contributed by atoms with Crippen molar-refractivity contribution in [2.75, 3.05) is 12.3 Å². The Morgan fingerprint density at radius 2 is 2.19 bits per heavy atom. The second kappa shape index (κ2) is 4.42. The molecule has 2 rings (SSSR count). The van der Waals surface area contributed by atoms with Crippen LogP contribution in [0.15, 0.2) is 18.2 Å². The Balaban J connectivity index is 1.85. The predicted molar refractivity (Wildman–Crippen MR) is 64.5 cm³/mol. The molecule has 0 heterocycles. The first kappa shape index (κ1) is 11.4. The number of nitrogens with one attached hydrogen (secondary N) is 1. The van der Waals surface area contributed by atoms with Crippen LogP contribution in [0, 0.1) is 11.2 Å². The van der Waals surface area contributed by atoms with Gasteiger partial charge in [0.05, 0.1) is 0 Å². The smallest absolute Gasteiger partial charge is 0.129 e. The highest BCUT2D eigenvalue weighted by molar-refractivity contribution is 5.40. The average molecular weight is 222 g/mol. The number of anilines is 1. The zero-order valence-electron chi connectivity index (χ0n) is 9.72. The van der Waals surface area contributed by atoms with Crippen molar-refractivity contribution in [3.05, 3.63) is 29.6 Å². The molecule has 0 bridgehead atoms. The highest BCUT2D eigenvalue weighted by Crippen LogP contribution is 2.39. The van der Waals surface area contributed by atoms with E-state index in [0.29, 0.717) is 23.2 Å². The molecule has 1 aromatic carbocycles. The van der Waals surface area contributed by atoms with Crippen LogP contribution in [0.5, 0.6) is 0 Å². The molecule has 1 aliphatic carbocycles. The van der Waals surface area contributed by atoms with Crippen molar-refractivity contribution in [1.82, 2.24) is 5.32 Å². The number of rotatable bonds is 4. The normalized spacial score (nSPS) is 18.1. The molecule has 3 N–H and O–H groups in total. The van der Waals surface area contributed by atoms with E-state index in [1.807, 2.05) is 0 Å². The van der Waals surface area contributed by atoms with Crippen LogP contribution in [-0.2, 0) is 6.54 Å². The van der Waals surface area contributed by atoms with Crippen LogP contribution in [0.4, 0.5) is 10.1 Å². The first-order chi connectivity index (χ1) is 7.59. The summed E-state index contributed by atoms with van der Waals surface area (Å²) in [5, 5.41) is 3.32. The largest absolute Gasteiger partial charge is 0.399 e. The van der Waals surface area contributed by atoms with Gasteiger partial charge in [0.25, 0.3) is 0 Å². The summed E-state index contributed by atoms with van der Waals surface area (Å²) in [6.45, 7) is 3.83. The van der Waals surface area contributed by atoms with E-state index in [4.69, 9.17) is 5.73 Å². The Morgan fingerprint density at radius 1 is 1.44 bits per heavy atom. The summed E-state index contributed by atoms with van der Waals surface area (Å²) in [6.07, 6.45) is 3.89. The van der Waals surface area contributed by atoms with E-state index in [1.54, 1.807) is 12.1 Å². The van der Waals surface area contributed by atoms with Crippen LogP contribution in [0.1, 0.15) is 31.7 Å². The summed E-state index contributed by atoms with van der Waals surface area (Å²) in [5.74, 6) is -0.216. The van der Waals surface area contributed by atoms with Gasteiger partial charge in [-0.2, -0.15) is 0 Å². The van der Waals surface area contributed by atoms with Gasteiger partial charge in [0.15, 0.2) is 0 Å². The summed E-state index contributed by atoms with van der Waals surface area (Å²) in [5.41, 5.74) is 7.10. The Labute approximate surface area is 96.0 Å². The van der Waals surface area contributed by atoms with Crippen LogP contribution >= 0.6 is 0 Å². The molecule has 3 heteroatoms.